The number of aliphatic hydroxyl groups is 1. The number of carbonyl (C=O) groups is 6. The number of phenolic OH excluding ortho intramolecular Hbond substituents is 1. The highest BCUT2D eigenvalue weighted by atomic mass is 19.1. The average Bonchev–Trinajstić information content (AvgIpc) is 2.94. The fraction of sp³-hybridized carbons (Fsp3) is 0.400. The van der Waals surface area contributed by atoms with Crippen LogP contribution in [-0.4, -0.2) is 89.3 Å². The molecule has 0 heterocycles. The largest absolute Gasteiger partial charge is 0.507 e. The predicted molar refractivity (Wildman–Crippen MR) is 148 cm³/mol. The Morgan fingerprint density at radius 2 is 1.77 bits per heavy atom. The van der Waals surface area contributed by atoms with Gasteiger partial charge in [0.25, 0.3) is 0 Å². The van der Waals surface area contributed by atoms with Crippen LogP contribution in [0.25, 0.3) is 11.1 Å². The number of alkyl halides is 1. The van der Waals surface area contributed by atoms with Crippen molar-refractivity contribution in [2.75, 3.05) is 32.7 Å². The number of nitrogens with zero attached hydrogens (tertiary/aromatic N) is 1. The second-order valence-electron chi connectivity index (χ2n) is 11.3. The highest BCUT2D eigenvalue weighted by Gasteiger charge is 2.69. The van der Waals surface area contributed by atoms with Gasteiger partial charge < -0.3 is 20.7 Å². The van der Waals surface area contributed by atoms with Crippen molar-refractivity contribution in [1.29, 1.82) is 0 Å². The molecule has 3 aliphatic carbocycles. The van der Waals surface area contributed by atoms with E-state index in [4.69, 9.17) is 5.73 Å². The van der Waals surface area contributed by atoms with Crippen LogP contribution in [0.15, 0.2) is 36.4 Å². The fourth-order valence-electron chi connectivity index (χ4n) is 6.89. The minimum atomic E-state index is -2.79. The first kappa shape index (κ1) is 30.0. The Morgan fingerprint density at radius 1 is 1.09 bits per heavy atom. The van der Waals surface area contributed by atoms with Crippen molar-refractivity contribution in [3.05, 3.63) is 47.5 Å². The molecule has 0 aliphatic heterocycles. The molecule has 5 rings (SSSR count). The summed E-state index contributed by atoms with van der Waals surface area (Å²) in [6.45, 7) is -1.20. The molecule has 0 aromatic heterocycles. The first-order valence-corrected chi connectivity index (χ1v) is 13.6. The first-order chi connectivity index (χ1) is 20.3. The topological polar surface area (TPSA) is 193 Å². The third-order valence-corrected chi connectivity index (χ3v) is 8.70. The number of halogens is 1. The maximum Gasteiger partial charge on any atom is 0.411 e. The van der Waals surface area contributed by atoms with Crippen LogP contribution in [0.5, 0.6) is 5.75 Å². The average molecular weight is 596 g/mol. The molecule has 12 nitrogen and oxygen atoms in total. The number of rotatable bonds is 6. The third-order valence-electron chi connectivity index (χ3n) is 8.70. The van der Waals surface area contributed by atoms with E-state index in [0.717, 1.165) is 0 Å². The minimum absolute atomic E-state index is 0.0666. The van der Waals surface area contributed by atoms with Crippen molar-refractivity contribution in [3.8, 4) is 16.9 Å². The van der Waals surface area contributed by atoms with Crippen LogP contribution in [0, 0.1) is 23.7 Å². The third kappa shape index (κ3) is 4.68. The van der Waals surface area contributed by atoms with Gasteiger partial charge in [0.15, 0.2) is 34.7 Å². The van der Waals surface area contributed by atoms with E-state index in [1.807, 2.05) is 0 Å². The Hall–Kier alpha value is -4.49. The zero-order valence-corrected chi connectivity index (χ0v) is 23.3. The molecule has 5 N–H and O–H groups in total. The highest BCUT2D eigenvalue weighted by molar-refractivity contribution is 6.32. The van der Waals surface area contributed by atoms with E-state index in [2.05, 4.69) is 10.1 Å². The van der Waals surface area contributed by atoms with Gasteiger partial charge in [-0.2, -0.15) is 0 Å². The summed E-state index contributed by atoms with van der Waals surface area (Å²) >= 11 is 0. The van der Waals surface area contributed by atoms with Gasteiger partial charge in [-0.3, -0.25) is 34.2 Å². The number of ketones is 4. The minimum Gasteiger partial charge on any atom is -0.507 e. The summed E-state index contributed by atoms with van der Waals surface area (Å²) in [6.07, 6.45) is -0.794. The number of benzene rings is 2. The molecule has 2 fully saturated rings. The van der Waals surface area contributed by atoms with E-state index in [9.17, 15) is 43.4 Å². The number of likely N-dealkylation sites (N-methyl/N-ethyl adjacent to an activating group) is 1. The SMILES string of the molecule is CN(C)[C@H]1C(=O)C(C(N)=O)C(=O)[C@]2(O)C(=O)C3C(=O)c4c(O)ccc(-c5ccc(NC(=O)OCCF)cc5)c4C[C@@H]3C[C@H]12. The molecule has 13 heteroatoms. The maximum atomic E-state index is 13.9. The molecular weight excluding hydrogens is 565 g/mol. The van der Waals surface area contributed by atoms with Crippen LogP contribution in [0.3, 0.4) is 0 Å². The smallest absolute Gasteiger partial charge is 0.411 e. The van der Waals surface area contributed by atoms with Crippen molar-refractivity contribution in [2.24, 2.45) is 29.4 Å². The number of primary amides is 1. The van der Waals surface area contributed by atoms with Crippen molar-refractivity contribution < 1.29 is 48.1 Å². The summed E-state index contributed by atoms with van der Waals surface area (Å²) in [4.78, 5) is 79.7. The van der Waals surface area contributed by atoms with E-state index in [1.54, 1.807) is 30.3 Å². The molecule has 3 aliphatic rings. The van der Waals surface area contributed by atoms with Gasteiger partial charge in [-0.15, -0.1) is 0 Å². The van der Waals surface area contributed by atoms with Gasteiger partial charge in [-0.05, 0) is 67.7 Å². The number of hydrogen-bond acceptors (Lipinski definition) is 10. The van der Waals surface area contributed by atoms with Crippen molar-refractivity contribution >= 4 is 40.8 Å². The van der Waals surface area contributed by atoms with Gasteiger partial charge in [0.2, 0.25) is 5.91 Å². The number of amides is 2. The lowest BCUT2D eigenvalue weighted by atomic mass is 9.52. The van der Waals surface area contributed by atoms with E-state index < -0.39 is 77.1 Å². The number of nitrogens with one attached hydrogen (secondary N) is 1. The van der Waals surface area contributed by atoms with Gasteiger partial charge in [0.1, 0.15) is 19.0 Å². The van der Waals surface area contributed by atoms with Gasteiger partial charge in [-0.25, -0.2) is 9.18 Å². The van der Waals surface area contributed by atoms with Gasteiger partial charge >= 0.3 is 6.09 Å². The molecule has 226 valence electrons. The molecule has 0 saturated heterocycles. The van der Waals surface area contributed by atoms with Crippen LogP contribution in [-0.2, 0) is 30.3 Å². The lowest BCUT2D eigenvalue weighted by Gasteiger charge is -2.52. The van der Waals surface area contributed by atoms with Crippen molar-refractivity contribution in [2.45, 2.75) is 24.5 Å². The van der Waals surface area contributed by atoms with E-state index in [1.165, 1.54) is 25.1 Å². The zero-order valence-electron chi connectivity index (χ0n) is 23.3. The number of phenols is 1. The fourth-order valence-corrected chi connectivity index (χ4v) is 6.89. The maximum absolute atomic E-state index is 13.9. The van der Waals surface area contributed by atoms with Crippen LogP contribution >= 0.6 is 0 Å². The summed E-state index contributed by atoms with van der Waals surface area (Å²) in [5, 5.41) is 24.9. The lowest BCUT2D eigenvalue weighted by molar-refractivity contribution is -0.181. The summed E-state index contributed by atoms with van der Waals surface area (Å²) in [6, 6.07) is 8.16. The van der Waals surface area contributed by atoms with Crippen LogP contribution in [0.4, 0.5) is 14.9 Å². The molecule has 0 radical (unpaired) electrons. The number of Topliss-reactive ketones (excluding diaryl/α,β-unsaturated/α-hetero) is 4. The van der Waals surface area contributed by atoms with Crippen molar-refractivity contribution in [1.82, 2.24) is 4.90 Å². The Labute approximate surface area is 245 Å². The van der Waals surface area contributed by atoms with E-state index in [0.29, 0.717) is 22.4 Å². The molecule has 0 spiro atoms. The van der Waals surface area contributed by atoms with Crippen LogP contribution in [0.2, 0.25) is 0 Å². The standard InChI is InChI=1S/C30H30FN3O9/c1-34(2)23-18-12-14-11-17-16(13-3-5-15(6-4-13)33-29(41)43-10-9-31)7-8-19(35)21(17)24(36)20(14)26(38)30(18,42)27(39)22(25(23)37)28(32)40/h3-8,14,18,20,22-23,35,42H,9-12H2,1-2H3,(H2,32,40)(H,33,41)/t14-,18-,20?,22?,23-,30-/m1/s1. The number of fused-ring (bicyclic) bond motifs is 3. The normalized spacial score (nSPS) is 28.2. The highest BCUT2D eigenvalue weighted by Crippen LogP contribution is 2.51. The van der Waals surface area contributed by atoms with Gasteiger partial charge in [0, 0.05) is 11.6 Å². The monoisotopic (exact) mass is 595 g/mol. The molecule has 43 heavy (non-hydrogen) atoms. The summed E-state index contributed by atoms with van der Waals surface area (Å²) in [5.74, 6) is -11.2. The van der Waals surface area contributed by atoms with Crippen LogP contribution < -0.4 is 11.1 Å². The number of ether oxygens (including phenoxy) is 1. The Balaban J connectivity index is 1.54. The van der Waals surface area contributed by atoms with Crippen molar-refractivity contribution in [3.63, 3.8) is 0 Å². The molecule has 2 aromatic carbocycles. The quantitative estimate of drug-likeness (QED) is 0.351. The van der Waals surface area contributed by atoms with E-state index in [-0.39, 0.29) is 30.8 Å². The summed E-state index contributed by atoms with van der Waals surface area (Å²) < 4.78 is 16.9. The van der Waals surface area contributed by atoms with E-state index >= 15 is 0 Å². The molecule has 2 unspecified atom stereocenters. The lowest BCUT2D eigenvalue weighted by Crippen LogP contribution is -2.74. The van der Waals surface area contributed by atoms with Crippen LogP contribution in [0.1, 0.15) is 22.3 Å². The Kier molecular flexibility index (Phi) is 7.65. The summed E-state index contributed by atoms with van der Waals surface area (Å²) in [5.41, 5.74) is 4.41. The first-order valence-electron chi connectivity index (χ1n) is 13.6. The zero-order chi connectivity index (χ0) is 31.4. The molecule has 6 atom stereocenters. The molecule has 0 bridgehead atoms. The second-order valence-corrected chi connectivity index (χ2v) is 11.3. The number of anilines is 1. The molecular formula is C30H30FN3O9. The van der Waals surface area contributed by atoms with Gasteiger partial charge in [-0.1, -0.05) is 18.2 Å². The molecule has 2 amide bonds. The number of nitrogens with two attached hydrogens (primary N) is 1. The Bertz CT molecular complexity index is 1560. The summed E-state index contributed by atoms with van der Waals surface area (Å²) in [7, 11) is 3.04. The molecule has 2 saturated carbocycles. The van der Waals surface area contributed by atoms with Gasteiger partial charge in [0.05, 0.1) is 17.5 Å². The predicted octanol–water partition coefficient (Wildman–Crippen LogP) is 1.05. The number of hydrogen-bond donors (Lipinski definition) is 4. The Morgan fingerprint density at radius 3 is 2.37 bits per heavy atom. The number of carbonyl (C=O) groups excluding carboxylic acids is 6. The number of aromatic hydroxyl groups is 1. The molecule has 2 aromatic rings. The second kappa shape index (κ2) is 11.0.